The molecule has 0 aliphatic heterocycles. The first-order valence-corrected chi connectivity index (χ1v) is 13.8. The van der Waals surface area contributed by atoms with Crippen LogP contribution in [0.5, 0.6) is 5.75 Å². The number of esters is 2. The molecule has 11 heteroatoms. The van der Waals surface area contributed by atoms with Gasteiger partial charge >= 0.3 is 11.9 Å². The van der Waals surface area contributed by atoms with Crippen LogP contribution in [0.25, 0.3) is 11.1 Å². The summed E-state index contributed by atoms with van der Waals surface area (Å²) in [5.41, 5.74) is 8.54. The molecule has 0 saturated carbocycles. The van der Waals surface area contributed by atoms with Gasteiger partial charge in [0.1, 0.15) is 18.2 Å². The molecule has 0 aliphatic rings. The summed E-state index contributed by atoms with van der Waals surface area (Å²) in [6, 6.07) is 25.4. The summed E-state index contributed by atoms with van der Waals surface area (Å²) in [6.07, 6.45) is 0. The summed E-state index contributed by atoms with van der Waals surface area (Å²) < 4.78 is 26.2. The Morgan fingerprint density at radius 3 is 2.16 bits per heavy atom. The number of amides is 1. The average Bonchev–Trinajstić information content (AvgIpc) is 3.07. The van der Waals surface area contributed by atoms with Gasteiger partial charge in [0.25, 0.3) is 5.91 Å². The summed E-state index contributed by atoms with van der Waals surface area (Å²) in [5.74, 6) is -1.58. The molecule has 232 valence electrons. The van der Waals surface area contributed by atoms with Gasteiger partial charge in [0.15, 0.2) is 6.79 Å². The van der Waals surface area contributed by atoms with E-state index < -0.39 is 17.8 Å². The summed E-state index contributed by atoms with van der Waals surface area (Å²) in [6.45, 7) is 0.564. The highest BCUT2D eigenvalue weighted by Gasteiger charge is 2.22. The van der Waals surface area contributed by atoms with Crippen LogP contribution in [0, 0.1) is 5.41 Å². The van der Waals surface area contributed by atoms with Gasteiger partial charge in [-0.15, -0.1) is 0 Å². The van der Waals surface area contributed by atoms with Crippen LogP contribution < -0.4 is 15.8 Å². The average molecular weight is 612 g/mol. The molecule has 0 atom stereocenters. The van der Waals surface area contributed by atoms with Crippen LogP contribution in [0.15, 0.2) is 91.0 Å². The van der Waals surface area contributed by atoms with Crippen molar-refractivity contribution in [3.63, 3.8) is 0 Å². The van der Waals surface area contributed by atoms with Crippen molar-refractivity contribution in [2.75, 3.05) is 39.5 Å². The minimum atomic E-state index is -0.716. The zero-order chi connectivity index (χ0) is 32.2. The third-order valence-corrected chi connectivity index (χ3v) is 6.59. The number of carbonyl (C=O) groups excluding carboxylic acids is 3. The van der Waals surface area contributed by atoms with E-state index in [1.54, 1.807) is 48.5 Å². The Labute approximate surface area is 260 Å². The van der Waals surface area contributed by atoms with Crippen LogP contribution in [0.3, 0.4) is 0 Å². The van der Waals surface area contributed by atoms with E-state index in [-0.39, 0.29) is 42.5 Å². The van der Waals surface area contributed by atoms with Gasteiger partial charge in [0.05, 0.1) is 37.0 Å². The molecule has 0 aromatic heterocycles. The molecule has 4 N–H and O–H groups in total. The minimum absolute atomic E-state index is 0.0464. The van der Waals surface area contributed by atoms with E-state index in [1.807, 2.05) is 30.3 Å². The number of hydrogen-bond donors (Lipinski definition) is 3. The van der Waals surface area contributed by atoms with Crippen LogP contribution in [0.4, 0.5) is 5.69 Å². The van der Waals surface area contributed by atoms with Gasteiger partial charge in [-0.2, -0.15) is 0 Å². The number of hydrogen-bond acceptors (Lipinski definition) is 9. The van der Waals surface area contributed by atoms with E-state index in [2.05, 4.69) is 5.32 Å². The molecular weight excluding hydrogens is 578 g/mol. The Kier molecular flexibility index (Phi) is 11.4. The predicted molar refractivity (Wildman–Crippen MR) is 168 cm³/mol. The van der Waals surface area contributed by atoms with Crippen LogP contribution in [-0.2, 0) is 25.6 Å². The number of methoxy groups -OCH3 is 2. The first-order chi connectivity index (χ1) is 21.8. The molecule has 0 fully saturated rings. The number of nitrogens with one attached hydrogen (secondary N) is 2. The van der Waals surface area contributed by atoms with Crippen LogP contribution >= 0.6 is 0 Å². The highest BCUT2D eigenvalue weighted by molar-refractivity contribution is 6.11. The maximum absolute atomic E-state index is 13.7. The molecule has 0 heterocycles. The molecule has 0 aliphatic carbocycles. The van der Waals surface area contributed by atoms with E-state index in [0.717, 1.165) is 5.56 Å². The fraction of sp³-hybridized carbons (Fsp3) is 0.176. The Hall–Kier alpha value is -5.52. The number of benzene rings is 4. The Balaban J connectivity index is 1.69. The second kappa shape index (κ2) is 15.8. The lowest BCUT2D eigenvalue weighted by Crippen LogP contribution is -2.16. The summed E-state index contributed by atoms with van der Waals surface area (Å²) >= 11 is 0. The third kappa shape index (κ3) is 8.75. The van der Waals surface area contributed by atoms with Crippen LogP contribution in [-0.4, -0.2) is 57.9 Å². The van der Waals surface area contributed by atoms with Crippen LogP contribution in [0.1, 0.15) is 42.2 Å². The lowest BCUT2D eigenvalue weighted by Gasteiger charge is -2.16. The number of nitrogens with two attached hydrogens (primary N) is 1. The largest absolute Gasteiger partial charge is 0.489 e. The zero-order valence-electron chi connectivity index (χ0n) is 24.8. The smallest absolute Gasteiger partial charge is 0.340 e. The van der Waals surface area contributed by atoms with Gasteiger partial charge in [-0.25, -0.2) is 9.59 Å². The molecule has 0 radical (unpaired) electrons. The fourth-order valence-electron chi connectivity index (χ4n) is 4.27. The van der Waals surface area contributed by atoms with E-state index >= 15 is 0 Å². The maximum Gasteiger partial charge on any atom is 0.340 e. The SMILES string of the molecule is COCCOCOC(=O)c1ccc(-c2ccc(OCc3ccccc3)cc2C(=O)Nc2ccc(C(=N)N)cc2)c(C(=O)OC)c1. The molecule has 4 rings (SSSR count). The molecule has 0 saturated heterocycles. The number of amidine groups is 1. The fourth-order valence-corrected chi connectivity index (χ4v) is 4.27. The Morgan fingerprint density at radius 2 is 1.47 bits per heavy atom. The van der Waals surface area contributed by atoms with E-state index in [4.69, 9.17) is 34.8 Å². The van der Waals surface area contributed by atoms with Crippen molar-refractivity contribution in [1.82, 2.24) is 0 Å². The first-order valence-electron chi connectivity index (χ1n) is 13.8. The first kappa shape index (κ1) is 32.4. The monoisotopic (exact) mass is 611 g/mol. The molecule has 11 nitrogen and oxygen atoms in total. The molecule has 0 bridgehead atoms. The third-order valence-electron chi connectivity index (χ3n) is 6.59. The standard InChI is InChI=1S/C34H33N3O8/c1-41-16-17-43-21-45-33(39)24-10-14-28(30(18-24)34(40)42-2)27-15-13-26(44-20-22-6-4-3-5-7-22)19-29(27)32(38)37-25-11-8-23(9-12-25)31(35)36/h3-15,18-19H,16-17,20-21H2,1-2H3,(H3,35,36)(H,37,38). The van der Waals surface area contributed by atoms with Crippen molar-refractivity contribution >= 4 is 29.4 Å². The van der Waals surface area contributed by atoms with E-state index in [1.165, 1.54) is 26.4 Å². The van der Waals surface area contributed by atoms with Crippen LogP contribution in [0.2, 0.25) is 0 Å². The van der Waals surface area contributed by atoms with Gasteiger partial charge in [-0.1, -0.05) is 36.4 Å². The summed E-state index contributed by atoms with van der Waals surface area (Å²) in [5, 5.41) is 10.4. The number of nitrogen functional groups attached to an aromatic ring is 1. The molecule has 1 amide bonds. The Bertz CT molecular complexity index is 1660. The molecular formula is C34H33N3O8. The maximum atomic E-state index is 13.7. The number of carbonyl (C=O) groups is 3. The normalized spacial score (nSPS) is 10.5. The molecule has 4 aromatic carbocycles. The van der Waals surface area contributed by atoms with E-state index in [9.17, 15) is 14.4 Å². The Morgan fingerprint density at radius 1 is 0.778 bits per heavy atom. The van der Waals surface area contributed by atoms with Crippen molar-refractivity contribution in [1.29, 1.82) is 5.41 Å². The summed E-state index contributed by atoms with van der Waals surface area (Å²) in [7, 11) is 2.75. The number of ether oxygens (including phenoxy) is 5. The number of anilines is 1. The zero-order valence-corrected chi connectivity index (χ0v) is 24.8. The number of rotatable bonds is 14. The quantitative estimate of drug-likeness (QED) is 0.0584. The molecule has 0 spiro atoms. The van der Waals surface area contributed by atoms with Crippen molar-refractivity contribution in [2.45, 2.75) is 6.61 Å². The molecule has 0 unspecified atom stereocenters. The predicted octanol–water partition coefficient (Wildman–Crippen LogP) is 5.03. The second-order valence-corrected chi connectivity index (χ2v) is 9.63. The van der Waals surface area contributed by atoms with Gasteiger partial charge < -0.3 is 34.7 Å². The van der Waals surface area contributed by atoms with Gasteiger partial charge in [-0.05, 0) is 71.3 Å². The lowest BCUT2D eigenvalue weighted by atomic mass is 9.93. The van der Waals surface area contributed by atoms with Crippen molar-refractivity contribution < 1.29 is 38.1 Å². The summed E-state index contributed by atoms with van der Waals surface area (Å²) in [4.78, 5) is 39.3. The highest BCUT2D eigenvalue weighted by atomic mass is 16.7. The molecule has 4 aromatic rings. The van der Waals surface area contributed by atoms with E-state index in [0.29, 0.717) is 34.7 Å². The van der Waals surface area contributed by atoms with Crippen molar-refractivity contribution in [3.8, 4) is 16.9 Å². The van der Waals surface area contributed by atoms with Crippen molar-refractivity contribution in [3.05, 3.63) is 119 Å². The minimum Gasteiger partial charge on any atom is -0.489 e. The van der Waals surface area contributed by atoms with Gasteiger partial charge in [0, 0.05) is 18.4 Å². The highest BCUT2D eigenvalue weighted by Crippen LogP contribution is 2.32. The van der Waals surface area contributed by atoms with Gasteiger partial charge in [-0.3, -0.25) is 10.2 Å². The lowest BCUT2D eigenvalue weighted by molar-refractivity contribution is -0.0436. The van der Waals surface area contributed by atoms with Gasteiger partial charge in [0.2, 0.25) is 0 Å². The second-order valence-electron chi connectivity index (χ2n) is 9.63. The van der Waals surface area contributed by atoms with Crippen molar-refractivity contribution in [2.24, 2.45) is 5.73 Å². The topological polar surface area (TPSA) is 159 Å². The molecule has 45 heavy (non-hydrogen) atoms.